The number of nitrogens with two attached hydrogens (primary N) is 1. The molecule has 1 aromatic rings. The maximum atomic E-state index is 6.04. The summed E-state index contributed by atoms with van der Waals surface area (Å²) in [5.41, 5.74) is 5.81. The summed E-state index contributed by atoms with van der Waals surface area (Å²) in [5, 5.41) is 3.57. The highest BCUT2D eigenvalue weighted by atomic mass is 79.9. The van der Waals surface area contributed by atoms with Gasteiger partial charge in [-0.25, -0.2) is 0 Å². The van der Waals surface area contributed by atoms with E-state index in [9.17, 15) is 0 Å². The predicted octanol–water partition coefficient (Wildman–Crippen LogP) is 3.47. The van der Waals surface area contributed by atoms with Crippen LogP contribution in [0.15, 0.2) is 22.7 Å². The molecule has 0 aliphatic heterocycles. The summed E-state index contributed by atoms with van der Waals surface area (Å²) in [5.74, 6) is 0. The maximum absolute atomic E-state index is 6.04. The van der Waals surface area contributed by atoms with E-state index in [1.165, 1.54) is 4.88 Å². The molecule has 1 aliphatic carbocycles. The van der Waals surface area contributed by atoms with Gasteiger partial charge in [0.15, 0.2) is 0 Å². The summed E-state index contributed by atoms with van der Waals surface area (Å²) < 4.78 is 1.75. The van der Waals surface area contributed by atoms with Crippen molar-refractivity contribution in [3.8, 4) is 0 Å². The molecular weight excluding hydrogens is 308 g/mol. The lowest BCUT2D eigenvalue weighted by Gasteiger charge is -2.20. The third-order valence-corrected chi connectivity index (χ3v) is 5.28. The first-order valence-corrected chi connectivity index (χ1v) is 7.25. The van der Waals surface area contributed by atoms with Crippen LogP contribution in [-0.4, -0.2) is 12.6 Å². The van der Waals surface area contributed by atoms with Gasteiger partial charge in [0.25, 0.3) is 0 Å². The number of rotatable bonds is 4. The van der Waals surface area contributed by atoms with Crippen LogP contribution in [-0.2, 0) is 0 Å². The van der Waals surface area contributed by atoms with Crippen molar-refractivity contribution in [1.82, 2.24) is 5.32 Å². The van der Waals surface area contributed by atoms with Crippen molar-refractivity contribution in [2.45, 2.75) is 24.9 Å². The summed E-state index contributed by atoms with van der Waals surface area (Å²) >= 11 is 11.0. The molecule has 0 spiro atoms. The second kappa shape index (κ2) is 5.65. The van der Waals surface area contributed by atoms with Crippen LogP contribution in [0.2, 0.25) is 4.34 Å². The first kappa shape index (κ1) is 12.6. The quantitative estimate of drug-likeness (QED) is 0.833. The Morgan fingerprint density at radius 3 is 2.75 bits per heavy atom. The number of halogens is 2. The van der Waals surface area contributed by atoms with E-state index in [0.717, 1.165) is 21.7 Å². The van der Waals surface area contributed by atoms with E-state index in [0.29, 0.717) is 12.6 Å². The highest BCUT2D eigenvalue weighted by molar-refractivity contribution is 9.10. The van der Waals surface area contributed by atoms with E-state index in [4.69, 9.17) is 17.3 Å². The molecule has 1 aromatic heterocycles. The van der Waals surface area contributed by atoms with Gasteiger partial charge in [-0.3, -0.25) is 0 Å². The number of thiophene rings is 1. The molecule has 0 fully saturated rings. The van der Waals surface area contributed by atoms with Gasteiger partial charge in [0, 0.05) is 21.9 Å². The molecule has 0 saturated carbocycles. The molecule has 2 rings (SSSR count). The average molecular weight is 322 g/mol. The Morgan fingerprint density at radius 2 is 2.25 bits per heavy atom. The van der Waals surface area contributed by atoms with Gasteiger partial charge in [0.05, 0.1) is 6.04 Å². The summed E-state index contributed by atoms with van der Waals surface area (Å²) in [6.07, 6.45) is 6.61. The van der Waals surface area contributed by atoms with Gasteiger partial charge < -0.3 is 11.1 Å². The zero-order chi connectivity index (χ0) is 11.5. The van der Waals surface area contributed by atoms with E-state index < -0.39 is 0 Å². The molecule has 16 heavy (non-hydrogen) atoms. The molecule has 0 amide bonds. The minimum absolute atomic E-state index is 0.207. The van der Waals surface area contributed by atoms with Gasteiger partial charge in [0.1, 0.15) is 4.34 Å². The molecule has 2 nitrogen and oxygen atoms in total. The fourth-order valence-electron chi connectivity index (χ4n) is 1.84. The lowest BCUT2D eigenvalue weighted by molar-refractivity contribution is 0.458. The third-order valence-electron chi connectivity index (χ3n) is 2.69. The number of hydrogen-bond donors (Lipinski definition) is 2. The van der Waals surface area contributed by atoms with Crippen molar-refractivity contribution in [3.63, 3.8) is 0 Å². The minimum Gasteiger partial charge on any atom is -0.329 e. The molecule has 0 saturated heterocycles. The van der Waals surface area contributed by atoms with Gasteiger partial charge >= 0.3 is 0 Å². The van der Waals surface area contributed by atoms with Crippen LogP contribution in [0.5, 0.6) is 0 Å². The Labute approximate surface area is 113 Å². The van der Waals surface area contributed by atoms with Gasteiger partial charge in [0.2, 0.25) is 0 Å². The average Bonchev–Trinajstić information content (AvgIpc) is 2.86. The predicted molar refractivity (Wildman–Crippen MR) is 74.1 cm³/mol. The lowest BCUT2D eigenvalue weighted by Crippen LogP contribution is -2.34. The van der Waals surface area contributed by atoms with E-state index in [1.807, 2.05) is 0 Å². The first-order chi connectivity index (χ1) is 7.70. The van der Waals surface area contributed by atoms with E-state index >= 15 is 0 Å². The Bertz CT molecular complexity index is 364. The Kier molecular flexibility index (Phi) is 4.44. The van der Waals surface area contributed by atoms with Crippen LogP contribution >= 0.6 is 38.9 Å². The van der Waals surface area contributed by atoms with Crippen LogP contribution < -0.4 is 11.1 Å². The normalized spacial score (nSPS) is 18.2. The standard InChI is InChI=1S/C11H14BrClN2S/c12-8-5-10(16-11(8)13)9(6-14)15-7-3-1-2-4-7/h1-2,5,7,9,15H,3-4,6,14H2. The summed E-state index contributed by atoms with van der Waals surface area (Å²) in [4.78, 5) is 1.20. The highest BCUT2D eigenvalue weighted by Crippen LogP contribution is 2.35. The van der Waals surface area contributed by atoms with E-state index in [2.05, 4.69) is 39.5 Å². The first-order valence-electron chi connectivity index (χ1n) is 5.26. The molecule has 5 heteroatoms. The van der Waals surface area contributed by atoms with Crippen molar-refractivity contribution in [2.75, 3.05) is 6.54 Å². The summed E-state index contributed by atoms with van der Waals surface area (Å²) in [6, 6.07) is 2.78. The van der Waals surface area contributed by atoms with Crippen LogP contribution in [0.4, 0.5) is 0 Å². The fourth-order valence-corrected chi connectivity index (χ4v) is 3.65. The van der Waals surface area contributed by atoms with Crippen molar-refractivity contribution >= 4 is 38.9 Å². The molecule has 1 atom stereocenters. The molecule has 1 heterocycles. The third kappa shape index (κ3) is 2.87. The van der Waals surface area contributed by atoms with Crippen LogP contribution in [0.3, 0.4) is 0 Å². The van der Waals surface area contributed by atoms with Gasteiger partial charge in [-0.1, -0.05) is 23.8 Å². The SMILES string of the molecule is NCC(NC1CC=CC1)c1cc(Br)c(Cl)s1. The van der Waals surface area contributed by atoms with Crippen molar-refractivity contribution in [2.24, 2.45) is 5.73 Å². The molecule has 3 N–H and O–H groups in total. The van der Waals surface area contributed by atoms with Crippen LogP contribution in [0.25, 0.3) is 0 Å². The van der Waals surface area contributed by atoms with Crippen LogP contribution in [0, 0.1) is 0 Å². The van der Waals surface area contributed by atoms with Crippen molar-refractivity contribution in [1.29, 1.82) is 0 Å². The largest absolute Gasteiger partial charge is 0.329 e. The monoisotopic (exact) mass is 320 g/mol. The van der Waals surface area contributed by atoms with Crippen LogP contribution in [0.1, 0.15) is 23.8 Å². The molecule has 0 radical (unpaired) electrons. The highest BCUT2D eigenvalue weighted by Gasteiger charge is 2.19. The zero-order valence-electron chi connectivity index (χ0n) is 8.75. The second-order valence-electron chi connectivity index (χ2n) is 3.87. The summed E-state index contributed by atoms with van der Waals surface area (Å²) in [6.45, 7) is 0.597. The fraction of sp³-hybridized carbons (Fsp3) is 0.455. The number of nitrogens with one attached hydrogen (secondary N) is 1. The summed E-state index contributed by atoms with van der Waals surface area (Å²) in [7, 11) is 0. The van der Waals surface area contributed by atoms with Gasteiger partial charge in [-0.05, 0) is 34.8 Å². The molecule has 1 aliphatic rings. The molecule has 0 bridgehead atoms. The maximum Gasteiger partial charge on any atom is 0.107 e. The van der Waals surface area contributed by atoms with Crippen molar-refractivity contribution in [3.05, 3.63) is 31.9 Å². The lowest BCUT2D eigenvalue weighted by atomic mass is 10.1. The smallest absolute Gasteiger partial charge is 0.107 e. The zero-order valence-corrected chi connectivity index (χ0v) is 11.9. The van der Waals surface area contributed by atoms with Gasteiger partial charge in [-0.2, -0.15) is 0 Å². The molecule has 1 unspecified atom stereocenters. The second-order valence-corrected chi connectivity index (χ2v) is 6.41. The van der Waals surface area contributed by atoms with Gasteiger partial charge in [-0.15, -0.1) is 11.3 Å². The number of hydrogen-bond acceptors (Lipinski definition) is 3. The molecule has 88 valence electrons. The topological polar surface area (TPSA) is 38.0 Å². The van der Waals surface area contributed by atoms with Crippen molar-refractivity contribution < 1.29 is 0 Å². The molecular formula is C11H14BrClN2S. The van der Waals surface area contributed by atoms with E-state index in [-0.39, 0.29) is 6.04 Å². The minimum atomic E-state index is 0.207. The Hall–Kier alpha value is 0.130. The Balaban J connectivity index is 2.03. The molecule has 0 aromatic carbocycles. The van der Waals surface area contributed by atoms with E-state index in [1.54, 1.807) is 11.3 Å². The Morgan fingerprint density at radius 1 is 1.56 bits per heavy atom.